The van der Waals surface area contributed by atoms with Gasteiger partial charge < -0.3 is 11.1 Å². The highest BCUT2D eigenvalue weighted by atomic mass is 16.1. The van der Waals surface area contributed by atoms with Crippen LogP contribution in [0.3, 0.4) is 0 Å². The van der Waals surface area contributed by atoms with Crippen LogP contribution in [0.25, 0.3) is 10.9 Å². The molecular formula is C15H15N5O. The van der Waals surface area contributed by atoms with Crippen LogP contribution >= 0.6 is 0 Å². The molecule has 3 aromatic rings. The van der Waals surface area contributed by atoms with Crippen LogP contribution < -0.4 is 11.1 Å². The number of hydrogen-bond donors (Lipinski definition) is 2. The van der Waals surface area contributed by atoms with Gasteiger partial charge in [-0.25, -0.2) is 4.98 Å². The number of amides is 1. The zero-order chi connectivity index (χ0) is 15.0. The summed E-state index contributed by atoms with van der Waals surface area (Å²) in [5.74, 6) is 0.723. The van der Waals surface area contributed by atoms with Crippen molar-refractivity contribution >= 4 is 28.4 Å². The molecule has 0 saturated heterocycles. The number of rotatable bonds is 2. The Kier molecular flexibility index (Phi) is 3.06. The zero-order valence-electron chi connectivity index (χ0n) is 11.8. The molecule has 0 spiro atoms. The number of nitrogens with two attached hydrogens (primary N) is 1. The molecular weight excluding hydrogens is 266 g/mol. The minimum Gasteiger partial charge on any atom is -0.384 e. The third kappa shape index (κ3) is 2.43. The second kappa shape index (κ2) is 4.90. The van der Waals surface area contributed by atoms with Gasteiger partial charge in [0.1, 0.15) is 11.6 Å². The van der Waals surface area contributed by atoms with Crippen molar-refractivity contribution in [3.63, 3.8) is 0 Å². The van der Waals surface area contributed by atoms with Crippen LogP contribution in [-0.2, 0) is 7.05 Å². The van der Waals surface area contributed by atoms with Crippen LogP contribution in [0.2, 0.25) is 0 Å². The van der Waals surface area contributed by atoms with Crippen molar-refractivity contribution in [1.82, 2.24) is 14.8 Å². The van der Waals surface area contributed by atoms with E-state index in [9.17, 15) is 4.79 Å². The number of benzene rings is 1. The number of nitrogens with one attached hydrogen (secondary N) is 1. The summed E-state index contributed by atoms with van der Waals surface area (Å²) in [6.45, 7) is 1.87. The molecule has 106 valence electrons. The van der Waals surface area contributed by atoms with E-state index in [4.69, 9.17) is 5.73 Å². The lowest BCUT2D eigenvalue weighted by molar-refractivity contribution is 0.102. The Hall–Kier alpha value is -2.89. The first kappa shape index (κ1) is 13.1. The Morgan fingerprint density at radius 1 is 1.29 bits per heavy atom. The summed E-state index contributed by atoms with van der Waals surface area (Å²) in [6, 6.07) is 10.8. The van der Waals surface area contributed by atoms with E-state index in [0.717, 1.165) is 11.1 Å². The lowest BCUT2D eigenvalue weighted by atomic mass is 10.1. The Morgan fingerprint density at radius 3 is 2.76 bits per heavy atom. The maximum atomic E-state index is 12.5. The summed E-state index contributed by atoms with van der Waals surface area (Å²) in [4.78, 5) is 16.7. The van der Waals surface area contributed by atoms with Gasteiger partial charge in [0.15, 0.2) is 0 Å². The average Bonchev–Trinajstić information content (AvgIpc) is 2.75. The molecule has 21 heavy (non-hydrogen) atoms. The molecule has 0 saturated carbocycles. The van der Waals surface area contributed by atoms with E-state index in [1.807, 2.05) is 37.3 Å². The Bertz CT molecular complexity index is 837. The van der Waals surface area contributed by atoms with E-state index in [1.54, 1.807) is 17.8 Å². The Morgan fingerprint density at radius 2 is 2.05 bits per heavy atom. The maximum Gasteiger partial charge on any atom is 0.257 e. The van der Waals surface area contributed by atoms with Crippen molar-refractivity contribution in [3.05, 3.63) is 47.7 Å². The van der Waals surface area contributed by atoms with Crippen molar-refractivity contribution in [3.8, 4) is 0 Å². The average molecular weight is 281 g/mol. The molecule has 0 bridgehead atoms. The van der Waals surface area contributed by atoms with Gasteiger partial charge in [-0.3, -0.25) is 9.48 Å². The standard InChI is InChI=1S/C15H15N5O/c1-9-7-14(20(2)19-9)18-15(21)11-8-13(16)17-12-6-4-3-5-10(11)12/h3-8H,1-2H3,(H2,16,17)(H,18,21). The first-order valence-corrected chi connectivity index (χ1v) is 6.52. The second-order valence-electron chi connectivity index (χ2n) is 4.86. The molecule has 0 aliphatic rings. The second-order valence-corrected chi connectivity index (χ2v) is 4.86. The third-order valence-corrected chi connectivity index (χ3v) is 3.22. The molecule has 6 nitrogen and oxygen atoms in total. The Balaban J connectivity index is 2.03. The number of nitrogen functional groups attached to an aromatic ring is 1. The van der Waals surface area contributed by atoms with Crippen molar-refractivity contribution < 1.29 is 4.79 Å². The van der Waals surface area contributed by atoms with Gasteiger partial charge in [0.25, 0.3) is 5.91 Å². The molecule has 0 atom stereocenters. The predicted octanol–water partition coefficient (Wildman–Crippen LogP) is 2.11. The zero-order valence-corrected chi connectivity index (χ0v) is 11.8. The molecule has 0 aliphatic heterocycles. The monoisotopic (exact) mass is 281 g/mol. The van der Waals surface area contributed by atoms with Crippen LogP contribution in [0.1, 0.15) is 16.1 Å². The molecule has 1 amide bonds. The number of aromatic nitrogens is 3. The topological polar surface area (TPSA) is 85.8 Å². The molecule has 0 fully saturated rings. The van der Waals surface area contributed by atoms with Crippen LogP contribution in [0.4, 0.5) is 11.6 Å². The number of fused-ring (bicyclic) bond motifs is 1. The van der Waals surface area contributed by atoms with Crippen LogP contribution in [0.15, 0.2) is 36.4 Å². The number of hydrogen-bond acceptors (Lipinski definition) is 4. The van der Waals surface area contributed by atoms with E-state index < -0.39 is 0 Å². The van der Waals surface area contributed by atoms with Gasteiger partial charge in [0.05, 0.1) is 16.8 Å². The number of aryl methyl sites for hydroxylation is 2. The lowest BCUT2D eigenvalue weighted by Crippen LogP contribution is -2.15. The van der Waals surface area contributed by atoms with Gasteiger partial charge in [-0.15, -0.1) is 0 Å². The molecule has 6 heteroatoms. The molecule has 1 aromatic carbocycles. The Labute approximate surface area is 121 Å². The predicted molar refractivity (Wildman–Crippen MR) is 82.1 cm³/mol. The summed E-state index contributed by atoms with van der Waals surface area (Å²) in [5.41, 5.74) is 7.82. The van der Waals surface area contributed by atoms with Crippen molar-refractivity contribution in [2.75, 3.05) is 11.1 Å². The number of anilines is 2. The van der Waals surface area contributed by atoms with E-state index in [1.165, 1.54) is 0 Å². The van der Waals surface area contributed by atoms with E-state index >= 15 is 0 Å². The van der Waals surface area contributed by atoms with Gasteiger partial charge in [0.2, 0.25) is 0 Å². The van der Waals surface area contributed by atoms with Crippen LogP contribution in [0, 0.1) is 6.92 Å². The lowest BCUT2D eigenvalue weighted by Gasteiger charge is -2.08. The SMILES string of the molecule is Cc1cc(NC(=O)c2cc(N)nc3ccccc23)n(C)n1. The third-order valence-electron chi connectivity index (χ3n) is 3.22. The molecule has 2 heterocycles. The summed E-state index contributed by atoms with van der Waals surface area (Å²) in [7, 11) is 1.78. The normalized spacial score (nSPS) is 10.8. The highest BCUT2D eigenvalue weighted by Gasteiger charge is 2.14. The number of pyridine rings is 1. The molecule has 0 radical (unpaired) electrons. The highest BCUT2D eigenvalue weighted by molar-refractivity contribution is 6.12. The van der Waals surface area contributed by atoms with Gasteiger partial charge in [-0.05, 0) is 19.1 Å². The van der Waals surface area contributed by atoms with Crippen molar-refractivity contribution in [2.45, 2.75) is 6.92 Å². The number of para-hydroxylation sites is 1. The van der Waals surface area contributed by atoms with E-state index in [0.29, 0.717) is 22.7 Å². The molecule has 2 aromatic heterocycles. The number of carbonyl (C=O) groups excluding carboxylic acids is 1. The summed E-state index contributed by atoms with van der Waals surface area (Å²) in [6.07, 6.45) is 0. The fourth-order valence-corrected chi connectivity index (χ4v) is 2.30. The van der Waals surface area contributed by atoms with Gasteiger partial charge in [0, 0.05) is 18.5 Å². The minimum absolute atomic E-state index is 0.233. The van der Waals surface area contributed by atoms with Crippen LogP contribution in [0.5, 0.6) is 0 Å². The van der Waals surface area contributed by atoms with E-state index in [2.05, 4.69) is 15.4 Å². The largest absolute Gasteiger partial charge is 0.384 e. The smallest absolute Gasteiger partial charge is 0.257 e. The first-order chi connectivity index (χ1) is 10.0. The van der Waals surface area contributed by atoms with E-state index in [-0.39, 0.29) is 5.91 Å². The quantitative estimate of drug-likeness (QED) is 0.753. The van der Waals surface area contributed by atoms with Crippen molar-refractivity contribution in [1.29, 1.82) is 0 Å². The molecule has 3 N–H and O–H groups in total. The first-order valence-electron chi connectivity index (χ1n) is 6.52. The summed E-state index contributed by atoms with van der Waals surface area (Å²) >= 11 is 0. The molecule has 0 unspecified atom stereocenters. The summed E-state index contributed by atoms with van der Waals surface area (Å²) < 4.78 is 1.62. The maximum absolute atomic E-state index is 12.5. The highest BCUT2D eigenvalue weighted by Crippen LogP contribution is 2.20. The molecule has 0 aliphatic carbocycles. The fourth-order valence-electron chi connectivity index (χ4n) is 2.30. The number of nitrogens with zero attached hydrogens (tertiary/aromatic N) is 3. The van der Waals surface area contributed by atoms with Crippen molar-refractivity contribution in [2.24, 2.45) is 7.05 Å². The fraction of sp³-hybridized carbons (Fsp3) is 0.133. The van der Waals surface area contributed by atoms with Gasteiger partial charge >= 0.3 is 0 Å². The number of carbonyl (C=O) groups is 1. The van der Waals surface area contributed by atoms with Gasteiger partial charge in [-0.2, -0.15) is 5.10 Å². The van der Waals surface area contributed by atoms with Gasteiger partial charge in [-0.1, -0.05) is 18.2 Å². The van der Waals surface area contributed by atoms with Crippen LogP contribution in [-0.4, -0.2) is 20.7 Å². The summed E-state index contributed by atoms with van der Waals surface area (Å²) in [5, 5.41) is 7.81. The molecule has 3 rings (SSSR count). The minimum atomic E-state index is -0.233.